The SMILES string of the molecule is COc1cccc(C(=[N+]=[N-])C(=O)OC[C@H]2OC[C@@H](OC)[C@@H]2OC)c1. The van der Waals surface area contributed by atoms with Crippen LogP contribution in [0.15, 0.2) is 24.3 Å². The third-order valence-corrected chi connectivity index (χ3v) is 3.80. The van der Waals surface area contributed by atoms with E-state index in [2.05, 4.69) is 4.79 Å². The van der Waals surface area contributed by atoms with Crippen LogP contribution in [-0.2, 0) is 23.7 Å². The number of hydrogen-bond donors (Lipinski definition) is 0. The van der Waals surface area contributed by atoms with Crippen molar-refractivity contribution in [1.29, 1.82) is 0 Å². The highest BCUT2D eigenvalue weighted by Crippen LogP contribution is 2.20. The van der Waals surface area contributed by atoms with Crippen molar-refractivity contribution in [2.24, 2.45) is 0 Å². The van der Waals surface area contributed by atoms with Gasteiger partial charge >= 0.3 is 11.7 Å². The number of ether oxygens (including phenoxy) is 5. The molecule has 1 aliphatic heterocycles. The molecule has 0 unspecified atom stereocenters. The van der Waals surface area contributed by atoms with Gasteiger partial charge in [0.15, 0.2) is 0 Å². The van der Waals surface area contributed by atoms with Gasteiger partial charge in [0.2, 0.25) is 0 Å². The van der Waals surface area contributed by atoms with Crippen LogP contribution in [0, 0.1) is 0 Å². The van der Waals surface area contributed by atoms with Gasteiger partial charge in [0.1, 0.15) is 30.7 Å². The first-order valence-corrected chi connectivity index (χ1v) is 7.35. The van der Waals surface area contributed by atoms with Gasteiger partial charge in [-0.2, -0.15) is 4.79 Å². The van der Waals surface area contributed by atoms with E-state index < -0.39 is 12.1 Å². The van der Waals surface area contributed by atoms with Gasteiger partial charge < -0.3 is 29.2 Å². The van der Waals surface area contributed by atoms with E-state index in [4.69, 9.17) is 29.2 Å². The highest BCUT2D eigenvalue weighted by atomic mass is 16.6. The van der Waals surface area contributed by atoms with Crippen molar-refractivity contribution >= 4 is 11.7 Å². The van der Waals surface area contributed by atoms with E-state index in [1.165, 1.54) is 14.2 Å². The quantitative estimate of drug-likeness (QED) is 0.314. The number of nitrogens with zero attached hydrogens (tertiary/aromatic N) is 2. The predicted octanol–water partition coefficient (Wildman–Crippen LogP) is 0.686. The second kappa shape index (κ2) is 8.56. The average Bonchev–Trinajstić information content (AvgIpc) is 3.02. The molecule has 1 fully saturated rings. The number of carbonyl (C=O) groups is 1. The number of esters is 1. The summed E-state index contributed by atoms with van der Waals surface area (Å²) in [6, 6.07) is 6.58. The van der Waals surface area contributed by atoms with E-state index in [1.54, 1.807) is 31.4 Å². The number of benzene rings is 1. The second-order valence-electron chi connectivity index (χ2n) is 5.13. The molecular weight excluding hydrogens is 316 g/mol. The zero-order chi connectivity index (χ0) is 17.5. The van der Waals surface area contributed by atoms with Gasteiger partial charge in [0, 0.05) is 14.2 Å². The van der Waals surface area contributed by atoms with Gasteiger partial charge in [-0.05, 0) is 18.2 Å². The van der Waals surface area contributed by atoms with E-state index in [1.807, 2.05) is 0 Å². The van der Waals surface area contributed by atoms with Crippen molar-refractivity contribution in [1.82, 2.24) is 0 Å². The van der Waals surface area contributed by atoms with Gasteiger partial charge in [-0.3, -0.25) is 0 Å². The molecular formula is C16H20N2O6. The van der Waals surface area contributed by atoms with Gasteiger partial charge in [-0.25, -0.2) is 4.79 Å². The minimum absolute atomic E-state index is 0.0415. The van der Waals surface area contributed by atoms with E-state index in [-0.39, 0.29) is 24.5 Å². The van der Waals surface area contributed by atoms with Crippen LogP contribution in [0.25, 0.3) is 5.53 Å². The van der Waals surface area contributed by atoms with Crippen LogP contribution in [0.3, 0.4) is 0 Å². The molecule has 0 spiro atoms. The molecule has 0 aromatic heterocycles. The highest BCUT2D eigenvalue weighted by molar-refractivity contribution is 6.40. The number of carbonyl (C=O) groups excluding carboxylic acids is 1. The summed E-state index contributed by atoms with van der Waals surface area (Å²) in [7, 11) is 4.60. The molecule has 1 heterocycles. The molecule has 0 bridgehead atoms. The Hall–Kier alpha value is -2.25. The lowest BCUT2D eigenvalue weighted by molar-refractivity contribution is -0.145. The summed E-state index contributed by atoms with van der Waals surface area (Å²) < 4.78 is 26.4. The van der Waals surface area contributed by atoms with Crippen molar-refractivity contribution in [2.45, 2.75) is 18.3 Å². The van der Waals surface area contributed by atoms with Crippen LogP contribution >= 0.6 is 0 Å². The molecule has 3 atom stereocenters. The van der Waals surface area contributed by atoms with Crippen LogP contribution in [0.5, 0.6) is 5.75 Å². The summed E-state index contributed by atoms with van der Waals surface area (Å²) >= 11 is 0. The summed E-state index contributed by atoms with van der Waals surface area (Å²) in [6.45, 7) is 0.314. The first kappa shape index (κ1) is 18.1. The Balaban J connectivity index is 2.01. The third kappa shape index (κ3) is 3.98. The molecule has 8 heteroatoms. The minimum Gasteiger partial charge on any atom is -0.497 e. The predicted molar refractivity (Wildman–Crippen MR) is 83.0 cm³/mol. The Morgan fingerprint density at radius 3 is 2.75 bits per heavy atom. The minimum atomic E-state index is -0.773. The molecule has 8 nitrogen and oxygen atoms in total. The van der Waals surface area contributed by atoms with E-state index >= 15 is 0 Å². The fraction of sp³-hybridized carbons (Fsp3) is 0.500. The van der Waals surface area contributed by atoms with E-state index in [0.29, 0.717) is 17.9 Å². The van der Waals surface area contributed by atoms with Crippen LogP contribution in [0.2, 0.25) is 0 Å². The molecule has 0 saturated carbocycles. The average molecular weight is 336 g/mol. The fourth-order valence-electron chi connectivity index (χ4n) is 2.51. The summed E-state index contributed by atoms with van der Waals surface area (Å²) in [5.74, 6) is -0.243. The van der Waals surface area contributed by atoms with Crippen molar-refractivity contribution in [3.63, 3.8) is 0 Å². The van der Waals surface area contributed by atoms with Crippen molar-refractivity contribution in [3.8, 4) is 5.75 Å². The first-order valence-electron chi connectivity index (χ1n) is 7.35. The normalized spacial score (nSPS) is 22.7. The standard InChI is InChI=1S/C16H20N2O6/c1-20-11-6-4-5-10(7-11)14(18-17)16(19)24-9-13-15(22-3)12(21-2)8-23-13/h4-7,12-13,15H,8-9H2,1-3H3/t12-,13-,15+/m1/s1. The molecule has 0 amide bonds. The van der Waals surface area contributed by atoms with E-state index in [0.717, 1.165) is 0 Å². The maximum Gasteiger partial charge on any atom is 0.422 e. The lowest BCUT2D eigenvalue weighted by Crippen LogP contribution is -2.37. The number of rotatable bonds is 7. The molecule has 0 N–H and O–H groups in total. The van der Waals surface area contributed by atoms with Crippen molar-refractivity contribution in [3.05, 3.63) is 35.4 Å². The van der Waals surface area contributed by atoms with Gasteiger partial charge in [-0.1, -0.05) is 6.07 Å². The number of hydrogen-bond acceptors (Lipinski definition) is 6. The third-order valence-electron chi connectivity index (χ3n) is 3.80. The van der Waals surface area contributed by atoms with Crippen LogP contribution in [-0.4, -0.2) is 69.3 Å². The maximum absolute atomic E-state index is 12.2. The summed E-state index contributed by atoms with van der Waals surface area (Å²) in [5.41, 5.74) is 9.32. The molecule has 0 aliphatic carbocycles. The smallest absolute Gasteiger partial charge is 0.422 e. The Morgan fingerprint density at radius 2 is 2.12 bits per heavy atom. The Labute approximate surface area is 139 Å². The first-order chi connectivity index (χ1) is 11.6. The molecule has 130 valence electrons. The monoisotopic (exact) mass is 336 g/mol. The molecule has 24 heavy (non-hydrogen) atoms. The zero-order valence-corrected chi connectivity index (χ0v) is 13.8. The topological polar surface area (TPSA) is 99.6 Å². The maximum atomic E-state index is 12.2. The Morgan fingerprint density at radius 1 is 1.33 bits per heavy atom. The fourth-order valence-corrected chi connectivity index (χ4v) is 2.51. The highest BCUT2D eigenvalue weighted by Gasteiger charge is 2.39. The number of methoxy groups -OCH3 is 3. The molecule has 2 rings (SSSR count). The van der Waals surface area contributed by atoms with Gasteiger partial charge in [-0.15, -0.1) is 0 Å². The lowest BCUT2D eigenvalue weighted by Gasteiger charge is -2.19. The molecule has 1 aliphatic rings. The van der Waals surface area contributed by atoms with Crippen LogP contribution in [0.1, 0.15) is 5.56 Å². The summed E-state index contributed by atoms with van der Waals surface area (Å²) in [6.07, 6.45) is -1.01. The van der Waals surface area contributed by atoms with Crippen LogP contribution in [0.4, 0.5) is 0 Å². The molecule has 1 aromatic rings. The lowest BCUT2D eigenvalue weighted by atomic mass is 10.1. The molecule has 0 radical (unpaired) electrons. The zero-order valence-electron chi connectivity index (χ0n) is 13.8. The Kier molecular flexibility index (Phi) is 6.45. The second-order valence-corrected chi connectivity index (χ2v) is 5.13. The molecule has 1 saturated heterocycles. The van der Waals surface area contributed by atoms with Crippen molar-refractivity contribution < 1.29 is 33.3 Å². The summed E-state index contributed by atoms with van der Waals surface area (Å²) in [4.78, 5) is 15.2. The van der Waals surface area contributed by atoms with Gasteiger partial charge in [0.05, 0.1) is 19.3 Å². The van der Waals surface area contributed by atoms with E-state index in [9.17, 15) is 4.79 Å². The van der Waals surface area contributed by atoms with Gasteiger partial charge in [0.25, 0.3) is 0 Å². The Bertz CT molecular complexity index is 629. The molecule has 1 aromatic carbocycles. The van der Waals surface area contributed by atoms with Crippen LogP contribution < -0.4 is 4.74 Å². The largest absolute Gasteiger partial charge is 0.497 e. The van der Waals surface area contributed by atoms with Crippen molar-refractivity contribution in [2.75, 3.05) is 34.5 Å². The summed E-state index contributed by atoms with van der Waals surface area (Å²) in [5, 5.41) is 0.